The molecule has 2 heterocycles. The Morgan fingerprint density at radius 3 is 2.19 bits per heavy atom. The van der Waals surface area contributed by atoms with Crippen LogP contribution >= 0.6 is 0 Å². The second kappa shape index (κ2) is 8.46. The number of fused-ring (bicyclic) bond motifs is 1. The number of carbonyl (C=O) groups is 2. The normalized spacial score (nSPS) is 17.6. The molecule has 2 aliphatic rings. The number of piperidine rings is 1. The zero-order valence-electron chi connectivity index (χ0n) is 17.9. The molecular weight excluding hydrogens is 398 g/mol. The van der Waals surface area contributed by atoms with Gasteiger partial charge in [0.05, 0.1) is 12.0 Å². The van der Waals surface area contributed by atoms with E-state index in [9.17, 15) is 9.59 Å². The van der Waals surface area contributed by atoms with E-state index in [0.717, 1.165) is 11.1 Å². The van der Waals surface area contributed by atoms with Crippen LogP contribution < -0.4 is 4.74 Å². The van der Waals surface area contributed by atoms with E-state index in [1.54, 1.807) is 0 Å². The number of amides is 1. The maximum atomic E-state index is 13.6. The van der Waals surface area contributed by atoms with E-state index in [1.807, 2.05) is 95.9 Å². The Bertz CT molecular complexity index is 1160. The van der Waals surface area contributed by atoms with Crippen LogP contribution in [0.1, 0.15) is 40.7 Å². The van der Waals surface area contributed by atoms with Crippen LogP contribution in [-0.2, 0) is 4.79 Å². The minimum absolute atomic E-state index is 0.0115. The van der Waals surface area contributed by atoms with Crippen LogP contribution in [0.3, 0.4) is 0 Å². The molecule has 0 saturated carbocycles. The largest absolute Gasteiger partial charge is 0.486 e. The third-order valence-corrected chi connectivity index (χ3v) is 6.38. The molecule has 0 N–H and O–H groups in total. The van der Waals surface area contributed by atoms with Crippen LogP contribution in [0, 0.1) is 0 Å². The number of rotatable bonds is 3. The molecule has 2 aliphatic heterocycles. The molecule has 0 radical (unpaired) electrons. The highest BCUT2D eigenvalue weighted by atomic mass is 16.5. The Morgan fingerprint density at radius 1 is 0.844 bits per heavy atom. The van der Waals surface area contributed by atoms with E-state index < -0.39 is 5.60 Å². The van der Waals surface area contributed by atoms with Crippen molar-refractivity contribution < 1.29 is 14.3 Å². The molecule has 0 aliphatic carbocycles. The second-order valence-corrected chi connectivity index (χ2v) is 8.51. The van der Waals surface area contributed by atoms with Crippen molar-refractivity contribution in [2.75, 3.05) is 13.1 Å². The second-order valence-electron chi connectivity index (χ2n) is 8.51. The fraction of sp³-hybridized carbons (Fsp3) is 0.214. The van der Waals surface area contributed by atoms with Gasteiger partial charge in [0.2, 0.25) is 0 Å². The molecule has 1 fully saturated rings. The summed E-state index contributed by atoms with van der Waals surface area (Å²) in [6.07, 6.45) is 3.62. The van der Waals surface area contributed by atoms with Crippen LogP contribution in [0.15, 0.2) is 84.9 Å². The number of benzene rings is 3. The van der Waals surface area contributed by atoms with Gasteiger partial charge in [-0.2, -0.15) is 0 Å². The van der Waals surface area contributed by atoms with Crippen molar-refractivity contribution in [3.05, 3.63) is 102 Å². The Balaban J connectivity index is 1.37. The monoisotopic (exact) mass is 423 g/mol. The predicted octanol–water partition coefficient (Wildman–Crippen LogP) is 5.25. The highest BCUT2D eigenvalue weighted by Crippen LogP contribution is 2.39. The van der Waals surface area contributed by atoms with Crippen molar-refractivity contribution in [1.82, 2.24) is 4.90 Å². The predicted molar refractivity (Wildman–Crippen MR) is 125 cm³/mol. The van der Waals surface area contributed by atoms with Gasteiger partial charge in [0.1, 0.15) is 11.4 Å². The minimum Gasteiger partial charge on any atom is -0.486 e. The molecule has 1 amide bonds. The van der Waals surface area contributed by atoms with Gasteiger partial charge in [0.15, 0.2) is 5.78 Å². The Kier molecular flexibility index (Phi) is 5.36. The maximum Gasteiger partial charge on any atom is 0.254 e. The van der Waals surface area contributed by atoms with E-state index in [0.29, 0.717) is 49.2 Å². The standard InChI is InChI=1S/C28H25NO3/c30-25-20-28(32-26-14-8-7-13-23(25)26)15-17-29(18-16-28)27(31)24(22-11-5-2-6-12-22)19-21-9-3-1-4-10-21/h1-14,19H,15-18,20H2/b24-19-. The van der Waals surface area contributed by atoms with E-state index >= 15 is 0 Å². The van der Waals surface area contributed by atoms with Gasteiger partial charge in [-0.1, -0.05) is 72.8 Å². The molecule has 3 aromatic carbocycles. The fourth-order valence-electron chi connectivity index (χ4n) is 4.61. The molecule has 1 spiro atoms. The number of ketones is 1. The summed E-state index contributed by atoms with van der Waals surface area (Å²) < 4.78 is 6.33. The van der Waals surface area contributed by atoms with Crippen molar-refractivity contribution in [3.63, 3.8) is 0 Å². The molecule has 160 valence electrons. The number of hydrogen-bond donors (Lipinski definition) is 0. The first-order valence-corrected chi connectivity index (χ1v) is 11.1. The van der Waals surface area contributed by atoms with Crippen molar-refractivity contribution in [3.8, 4) is 5.75 Å². The zero-order chi connectivity index (χ0) is 22.0. The van der Waals surface area contributed by atoms with Gasteiger partial charge in [-0.25, -0.2) is 0 Å². The van der Waals surface area contributed by atoms with E-state index in [4.69, 9.17) is 4.74 Å². The molecule has 1 saturated heterocycles. The highest BCUT2D eigenvalue weighted by Gasteiger charge is 2.43. The van der Waals surface area contributed by atoms with Crippen molar-refractivity contribution in [2.24, 2.45) is 0 Å². The summed E-state index contributed by atoms with van der Waals surface area (Å²) in [5, 5.41) is 0. The summed E-state index contributed by atoms with van der Waals surface area (Å²) in [4.78, 5) is 28.2. The first-order valence-electron chi connectivity index (χ1n) is 11.1. The molecule has 0 aromatic heterocycles. The maximum absolute atomic E-state index is 13.6. The highest BCUT2D eigenvalue weighted by molar-refractivity contribution is 6.24. The summed E-state index contributed by atoms with van der Waals surface area (Å²) in [7, 11) is 0. The summed E-state index contributed by atoms with van der Waals surface area (Å²) in [6, 6.07) is 27.1. The number of ether oxygens (including phenoxy) is 1. The molecule has 4 nitrogen and oxygen atoms in total. The lowest BCUT2D eigenvalue weighted by molar-refractivity contribution is -0.128. The zero-order valence-corrected chi connectivity index (χ0v) is 17.9. The first kappa shape index (κ1) is 20.3. The Labute approximate surface area is 188 Å². The molecular formula is C28H25NO3. The molecule has 3 aromatic rings. The molecule has 0 unspecified atom stereocenters. The third-order valence-electron chi connectivity index (χ3n) is 6.38. The van der Waals surface area contributed by atoms with Gasteiger partial charge in [-0.3, -0.25) is 9.59 Å². The lowest BCUT2D eigenvalue weighted by Gasteiger charge is -2.44. The van der Waals surface area contributed by atoms with Crippen LogP contribution in [0.2, 0.25) is 0 Å². The summed E-state index contributed by atoms with van der Waals surface area (Å²) in [6.45, 7) is 1.13. The van der Waals surface area contributed by atoms with Crippen molar-refractivity contribution >= 4 is 23.3 Å². The lowest BCUT2D eigenvalue weighted by atomic mass is 9.82. The summed E-state index contributed by atoms with van der Waals surface area (Å²) in [5.74, 6) is 0.801. The molecule has 5 rings (SSSR count). The Morgan fingerprint density at radius 2 is 1.47 bits per heavy atom. The molecule has 0 bridgehead atoms. The van der Waals surface area contributed by atoms with Gasteiger partial charge in [-0.05, 0) is 29.3 Å². The first-order chi connectivity index (χ1) is 15.6. The molecule has 4 heteroatoms. The van der Waals surface area contributed by atoms with E-state index in [-0.39, 0.29) is 11.7 Å². The van der Waals surface area contributed by atoms with E-state index in [2.05, 4.69) is 0 Å². The SMILES string of the molecule is O=C1CC2(CCN(C(=O)/C(=C\c3ccccc3)c3ccccc3)CC2)Oc2ccccc21. The van der Waals surface area contributed by atoms with Crippen LogP contribution in [-0.4, -0.2) is 35.3 Å². The average Bonchev–Trinajstić information content (AvgIpc) is 2.84. The number of carbonyl (C=O) groups excluding carboxylic acids is 2. The van der Waals surface area contributed by atoms with Gasteiger partial charge < -0.3 is 9.64 Å². The lowest BCUT2D eigenvalue weighted by Crippen LogP contribution is -2.52. The van der Waals surface area contributed by atoms with E-state index in [1.165, 1.54) is 0 Å². The van der Waals surface area contributed by atoms with Crippen LogP contribution in [0.5, 0.6) is 5.75 Å². The number of para-hydroxylation sites is 1. The summed E-state index contributed by atoms with van der Waals surface area (Å²) >= 11 is 0. The number of Topliss-reactive ketones (excluding diaryl/α,β-unsaturated/α-hetero) is 1. The topological polar surface area (TPSA) is 46.6 Å². The average molecular weight is 424 g/mol. The van der Waals surface area contributed by atoms with Crippen LogP contribution in [0.25, 0.3) is 11.6 Å². The smallest absolute Gasteiger partial charge is 0.254 e. The van der Waals surface area contributed by atoms with Gasteiger partial charge in [-0.15, -0.1) is 0 Å². The summed E-state index contributed by atoms with van der Waals surface area (Å²) in [5.41, 5.74) is 2.72. The van der Waals surface area contributed by atoms with Gasteiger partial charge in [0.25, 0.3) is 5.91 Å². The fourth-order valence-corrected chi connectivity index (χ4v) is 4.61. The quantitative estimate of drug-likeness (QED) is 0.427. The third kappa shape index (κ3) is 3.96. The minimum atomic E-state index is -0.516. The van der Waals surface area contributed by atoms with Crippen LogP contribution in [0.4, 0.5) is 0 Å². The number of hydrogen-bond acceptors (Lipinski definition) is 3. The molecule has 0 atom stereocenters. The molecule has 32 heavy (non-hydrogen) atoms. The Hall–Kier alpha value is -3.66. The number of likely N-dealkylation sites (tertiary alicyclic amines) is 1. The van der Waals surface area contributed by atoms with Gasteiger partial charge >= 0.3 is 0 Å². The van der Waals surface area contributed by atoms with Crippen molar-refractivity contribution in [1.29, 1.82) is 0 Å². The van der Waals surface area contributed by atoms with Crippen molar-refractivity contribution in [2.45, 2.75) is 24.9 Å². The van der Waals surface area contributed by atoms with Gasteiger partial charge in [0, 0.05) is 31.5 Å². The number of nitrogens with zero attached hydrogens (tertiary/aromatic N) is 1.